The predicted molar refractivity (Wildman–Crippen MR) is 73.6 cm³/mol. The van der Waals surface area contributed by atoms with Gasteiger partial charge in [-0.05, 0) is 24.3 Å². The smallest absolute Gasteiger partial charge is 0.150 e. The zero-order chi connectivity index (χ0) is 12.4. The van der Waals surface area contributed by atoms with Crippen molar-refractivity contribution >= 4 is 11.3 Å². The molecule has 2 heterocycles. The third-order valence-corrected chi connectivity index (χ3v) is 4.57. The van der Waals surface area contributed by atoms with E-state index in [4.69, 9.17) is 0 Å². The second kappa shape index (κ2) is 4.86. The first-order valence-electron chi connectivity index (χ1n) is 6.54. The lowest BCUT2D eigenvalue weighted by molar-refractivity contribution is -0.0111. The molecule has 0 aromatic carbocycles. The van der Waals surface area contributed by atoms with Crippen LogP contribution in [0.3, 0.4) is 0 Å². The number of thiophene rings is 1. The molecule has 1 fully saturated rings. The van der Waals surface area contributed by atoms with E-state index >= 15 is 0 Å². The van der Waals surface area contributed by atoms with Crippen LogP contribution in [-0.4, -0.2) is 20.3 Å². The van der Waals surface area contributed by atoms with E-state index in [1.165, 1.54) is 11.3 Å². The highest BCUT2D eigenvalue weighted by molar-refractivity contribution is 7.13. The largest absolute Gasteiger partial charge is 0.388 e. The average molecular weight is 262 g/mol. The van der Waals surface area contributed by atoms with Crippen LogP contribution in [-0.2, 0) is 6.54 Å². The first-order chi connectivity index (χ1) is 8.77. The van der Waals surface area contributed by atoms with E-state index in [0.717, 1.165) is 31.5 Å². The molecule has 0 unspecified atom stereocenters. The Kier molecular flexibility index (Phi) is 3.22. The van der Waals surface area contributed by atoms with Gasteiger partial charge in [-0.25, -0.2) is 4.98 Å². The number of hydrogen-bond acceptors (Lipinski definition) is 3. The summed E-state index contributed by atoms with van der Waals surface area (Å²) in [5.41, 5.74) is -0.537. The van der Waals surface area contributed by atoms with Gasteiger partial charge < -0.3 is 9.67 Å². The number of aliphatic hydroxyl groups is 1. The molecule has 18 heavy (non-hydrogen) atoms. The topological polar surface area (TPSA) is 38.0 Å². The van der Waals surface area contributed by atoms with Crippen LogP contribution in [0, 0.1) is 0 Å². The van der Waals surface area contributed by atoms with E-state index in [2.05, 4.69) is 21.0 Å². The van der Waals surface area contributed by atoms with E-state index < -0.39 is 5.60 Å². The molecule has 2 aromatic rings. The molecule has 0 amide bonds. The lowest BCUT2D eigenvalue weighted by Crippen LogP contribution is -2.36. The van der Waals surface area contributed by atoms with E-state index in [0.29, 0.717) is 6.54 Å². The van der Waals surface area contributed by atoms with Gasteiger partial charge in [-0.15, -0.1) is 11.3 Å². The SMILES string of the molecule is OC1(Cn2ccnc2-c2cccs2)CCCCC1. The van der Waals surface area contributed by atoms with Gasteiger partial charge in [0.15, 0.2) is 0 Å². The Labute approximate surface area is 111 Å². The number of rotatable bonds is 3. The van der Waals surface area contributed by atoms with Crippen LogP contribution in [0.25, 0.3) is 10.7 Å². The molecule has 1 N–H and O–H groups in total. The van der Waals surface area contributed by atoms with Gasteiger partial charge in [-0.2, -0.15) is 0 Å². The van der Waals surface area contributed by atoms with Crippen LogP contribution >= 0.6 is 11.3 Å². The van der Waals surface area contributed by atoms with Gasteiger partial charge in [-0.1, -0.05) is 25.3 Å². The van der Waals surface area contributed by atoms with E-state index in [1.54, 1.807) is 11.3 Å². The fourth-order valence-corrected chi connectivity index (χ4v) is 3.49. The molecule has 0 bridgehead atoms. The summed E-state index contributed by atoms with van der Waals surface area (Å²) in [7, 11) is 0. The average Bonchev–Trinajstić information content (AvgIpc) is 2.99. The third-order valence-electron chi connectivity index (χ3n) is 3.71. The lowest BCUT2D eigenvalue weighted by Gasteiger charge is -2.32. The van der Waals surface area contributed by atoms with Crippen LogP contribution in [0.4, 0.5) is 0 Å². The summed E-state index contributed by atoms with van der Waals surface area (Å²) < 4.78 is 2.09. The maximum atomic E-state index is 10.6. The number of aromatic nitrogens is 2. The van der Waals surface area contributed by atoms with Crippen molar-refractivity contribution in [3.63, 3.8) is 0 Å². The van der Waals surface area contributed by atoms with Crippen LogP contribution < -0.4 is 0 Å². The number of imidazole rings is 1. The summed E-state index contributed by atoms with van der Waals surface area (Å²) >= 11 is 1.69. The van der Waals surface area contributed by atoms with Crippen molar-refractivity contribution in [3.8, 4) is 10.7 Å². The Hall–Kier alpha value is -1.13. The first kappa shape index (κ1) is 11.9. The Balaban J connectivity index is 1.83. The van der Waals surface area contributed by atoms with Gasteiger partial charge >= 0.3 is 0 Å². The van der Waals surface area contributed by atoms with Crippen molar-refractivity contribution in [2.75, 3.05) is 0 Å². The summed E-state index contributed by atoms with van der Waals surface area (Å²) in [5.74, 6) is 0.976. The van der Waals surface area contributed by atoms with Crippen molar-refractivity contribution in [2.45, 2.75) is 44.2 Å². The van der Waals surface area contributed by atoms with E-state index in [-0.39, 0.29) is 0 Å². The Bertz CT molecular complexity index is 498. The molecule has 1 aliphatic rings. The van der Waals surface area contributed by atoms with Gasteiger partial charge in [0.1, 0.15) is 5.82 Å². The second-order valence-electron chi connectivity index (χ2n) is 5.14. The molecule has 96 valence electrons. The maximum Gasteiger partial charge on any atom is 0.150 e. The molecule has 0 saturated heterocycles. The van der Waals surface area contributed by atoms with Crippen molar-refractivity contribution in [1.29, 1.82) is 0 Å². The Morgan fingerprint density at radius 3 is 2.89 bits per heavy atom. The van der Waals surface area contributed by atoms with Crippen LogP contribution in [0.2, 0.25) is 0 Å². The molecule has 0 spiro atoms. The van der Waals surface area contributed by atoms with Gasteiger partial charge in [0, 0.05) is 12.4 Å². The van der Waals surface area contributed by atoms with Gasteiger partial charge in [-0.3, -0.25) is 0 Å². The van der Waals surface area contributed by atoms with Crippen LogP contribution in [0.1, 0.15) is 32.1 Å². The maximum absolute atomic E-state index is 10.6. The van der Waals surface area contributed by atoms with Gasteiger partial charge in [0.05, 0.1) is 17.0 Å². The van der Waals surface area contributed by atoms with Crippen LogP contribution in [0.15, 0.2) is 29.9 Å². The summed E-state index contributed by atoms with van der Waals surface area (Å²) in [5, 5.41) is 12.7. The first-order valence-corrected chi connectivity index (χ1v) is 7.42. The van der Waals surface area contributed by atoms with Crippen LogP contribution in [0.5, 0.6) is 0 Å². The van der Waals surface area contributed by atoms with Crippen molar-refractivity contribution in [1.82, 2.24) is 9.55 Å². The van der Waals surface area contributed by atoms with Crippen molar-refractivity contribution in [3.05, 3.63) is 29.9 Å². The minimum absolute atomic E-state index is 0.537. The molecule has 3 rings (SSSR count). The Morgan fingerprint density at radius 1 is 1.33 bits per heavy atom. The van der Waals surface area contributed by atoms with Crippen molar-refractivity contribution in [2.24, 2.45) is 0 Å². The second-order valence-corrected chi connectivity index (χ2v) is 6.09. The van der Waals surface area contributed by atoms with Gasteiger partial charge in [0.25, 0.3) is 0 Å². The van der Waals surface area contributed by atoms with Gasteiger partial charge in [0.2, 0.25) is 0 Å². The zero-order valence-corrected chi connectivity index (χ0v) is 11.2. The highest BCUT2D eigenvalue weighted by Crippen LogP contribution is 2.31. The molecule has 0 radical (unpaired) electrons. The molecule has 4 heteroatoms. The highest BCUT2D eigenvalue weighted by atomic mass is 32.1. The molecule has 1 saturated carbocycles. The molecule has 0 aliphatic heterocycles. The number of hydrogen-bond donors (Lipinski definition) is 1. The summed E-state index contributed by atoms with van der Waals surface area (Å²) in [6, 6.07) is 4.11. The minimum atomic E-state index is -0.537. The van der Waals surface area contributed by atoms with Crippen molar-refractivity contribution < 1.29 is 5.11 Å². The van der Waals surface area contributed by atoms with E-state index in [1.807, 2.05) is 18.5 Å². The molecule has 3 nitrogen and oxygen atoms in total. The summed E-state index contributed by atoms with van der Waals surface area (Å²) in [6.07, 6.45) is 9.15. The number of nitrogens with zero attached hydrogens (tertiary/aromatic N) is 2. The normalized spacial score (nSPS) is 18.9. The minimum Gasteiger partial charge on any atom is -0.388 e. The highest BCUT2D eigenvalue weighted by Gasteiger charge is 2.30. The summed E-state index contributed by atoms with van der Waals surface area (Å²) in [6.45, 7) is 0.667. The molecule has 1 aliphatic carbocycles. The molecule has 0 atom stereocenters. The molecular formula is C14H18N2OS. The monoisotopic (exact) mass is 262 g/mol. The lowest BCUT2D eigenvalue weighted by atomic mass is 9.85. The predicted octanol–water partition coefficient (Wildman–Crippen LogP) is 3.31. The summed E-state index contributed by atoms with van der Waals surface area (Å²) in [4.78, 5) is 5.58. The Morgan fingerprint density at radius 2 is 2.17 bits per heavy atom. The zero-order valence-electron chi connectivity index (χ0n) is 10.4. The quantitative estimate of drug-likeness (QED) is 0.921. The fraction of sp³-hybridized carbons (Fsp3) is 0.500. The third kappa shape index (κ3) is 2.35. The molecule has 2 aromatic heterocycles. The van der Waals surface area contributed by atoms with E-state index in [9.17, 15) is 5.11 Å². The standard InChI is InChI=1S/C14H18N2OS/c17-14(6-2-1-3-7-14)11-16-9-8-15-13(16)12-5-4-10-18-12/h4-5,8-10,17H,1-3,6-7,11H2. The molecular weight excluding hydrogens is 244 g/mol. The fourth-order valence-electron chi connectivity index (χ4n) is 2.75.